The summed E-state index contributed by atoms with van der Waals surface area (Å²) in [6, 6.07) is 12.1. The molecule has 3 heteroatoms. The second-order valence-electron chi connectivity index (χ2n) is 5.23. The summed E-state index contributed by atoms with van der Waals surface area (Å²) in [6.45, 7) is 5.79. The Kier molecular flexibility index (Phi) is 5.54. The van der Waals surface area contributed by atoms with E-state index >= 15 is 0 Å². The molecule has 0 spiro atoms. The highest BCUT2D eigenvalue weighted by Gasteiger charge is 2.23. The van der Waals surface area contributed by atoms with Gasteiger partial charge in [-0.25, -0.2) is 0 Å². The van der Waals surface area contributed by atoms with Gasteiger partial charge in [0, 0.05) is 37.5 Å². The molecule has 1 aromatic rings. The fourth-order valence-corrected chi connectivity index (χ4v) is 3.25. The predicted octanol–water partition coefficient (Wildman–Crippen LogP) is 2.60. The van der Waals surface area contributed by atoms with Crippen molar-refractivity contribution in [1.82, 2.24) is 10.2 Å². The van der Waals surface area contributed by atoms with E-state index in [-0.39, 0.29) is 0 Å². The van der Waals surface area contributed by atoms with Crippen molar-refractivity contribution in [2.24, 2.45) is 0 Å². The summed E-state index contributed by atoms with van der Waals surface area (Å²) in [6.07, 6.45) is 3.46. The van der Waals surface area contributed by atoms with E-state index in [0.717, 1.165) is 6.54 Å². The van der Waals surface area contributed by atoms with Crippen molar-refractivity contribution >= 4 is 11.8 Å². The molecule has 0 aromatic heterocycles. The normalized spacial score (nSPS) is 22.2. The van der Waals surface area contributed by atoms with Gasteiger partial charge in [-0.1, -0.05) is 30.3 Å². The van der Waals surface area contributed by atoms with Gasteiger partial charge in [0.1, 0.15) is 0 Å². The molecule has 2 nitrogen and oxygen atoms in total. The molecule has 18 heavy (non-hydrogen) atoms. The van der Waals surface area contributed by atoms with Crippen molar-refractivity contribution in [3.63, 3.8) is 0 Å². The van der Waals surface area contributed by atoms with Gasteiger partial charge in [0.25, 0.3) is 0 Å². The minimum Gasteiger partial charge on any atom is -0.309 e. The Morgan fingerprint density at radius 2 is 2.17 bits per heavy atom. The summed E-state index contributed by atoms with van der Waals surface area (Å²) < 4.78 is 0. The molecule has 0 radical (unpaired) electrons. The molecule has 0 bridgehead atoms. The van der Waals surface area contributed by atoms with Crippen molar-refractivity contribution < 1.29 is 0 Å². The van der Waals surface area contributed by atoms with Gasteiger partial charge in [0.2, 0.25) is 0 Å². The largest absolute Gasteiger partial charge is 0.309 e. The molecular formula is C15H24N2S. The Morgan fingerprint density at radius 3 is 2.89 bits per heavy atom. The molecule has 0 amide bonds. The quantitative estimate of drug-likeness (QED) is 0.850. The summed E-state index contributed by atoms with van der Waals surface area (Å²) in [4.78, 5) is 2.55. The number of thioether (sulfide) groups is 1. The van der Waals surface area contributed by atoms with E-state index in [2.05, 4.69) is 53.7 Å². The van der Waals surface area contributed by atoms with Crippen LogP contribution < -0.4 is 5.32 Å². The van der Waals surface area contributed by atoms with Gasteiger partial charge in [-0.15, -0.1) is 0 Å². The van der Waals surface area contributed by atoms with Gasteiger partial charge in [0.05, 0.1) is 0 Å². The Morgan fingerprint density at radius 1 is 1.39 bits per heavy atom. The summed E-state index contributed by atoms with van der Waals surface area (Å²) in [5, 5.41) is 3.73. The number of hydrogen-bond donors (Lipinski definition) is 1. The second kappa shape index (κ2) is 7.17. The zero-order chi connectivity index (χ0) is 12.8. The highest BCUT2D eigenvalue weighted by atomic mass is 32.2. The van der Waals surface area contributed by atoms with Crippen LogP contribution in [0.3, 0.4) is 0 Å². The molecule has 1 heterocycles. The van der Waals surface area contributed by atoms with Crippen LogP contribution in [-0.4, -0.2) is 42.1 Å². The van der Waals surface area contributed by atoms with Crippen LogP contribution in [0, 0.1) is 0 Å². The summed E-state index contributed by atoms with van der Waals surface area (Å²) in [5.74, 6) is 1.20. The van der Waals surface area contributed by atoms with Gasteiger partial charge in [-0.2, -0.15) is 11.8 Å². The van der Waals surface area contributed by atoms with E-state index in [1.165, 1.54) is 30.8 Å². The lowest BCUT2D eigenvalue weighted by molar-refractivity contribution is 0.317. The van der Waals surface area contributed by atoms with Crippen LogP contribution in [0.1, 0.15) is 18.9 Å². The summed E-state index contributed by atoms with van der Waals surface area (Å²) >= 11 is 1.92. The number of nitrogens with zero attached hydrogens (tertiary/aromatic N) is 1. The third kappa shape index (κ3) is 4.30. The zero-order valence-electron chi connectivity index (χ0n) is 11.4. The third-order valence-corrected chi connectivity index (χ3v) is 4.29. The lowest BCUT2D eigenvalue weighted by Gasteiger charge is -2.20. The summed E-state index contributed by atoms with van der Waals surface area (Å²) in [7, 11) is 0. The standard InChI is InChI=1S/C15H24N2S/c1-13(12-18-2)16-15-8-9-17(11-15)10-14-6-4-3-5-7-14/h3-7,13,15-16H,8-12H2,1-2H3/t13-,15-/m1/s1. The van der Waals surface area contributed by atoms with E-state index in [0.29, 0.717) is 12.1 Å². The van der Waals surface area contributed by atoms with Crippen molar-refractivity contribution in [3.8, 4) is 0 Å². The van der Waals surface area contributed by atoms with Crippen LogP contribution in [-0.2, 0) is 6.54 Å². The first-order chi connectivity index (χ1) is 8.78. The van der Waals surface area contributed by atoms with Crippen LogP contribution in [0.25, 0.3) is 0 Å². The molecule has 1 aliphatic rings. The first-order valence-corrected chi connectivity index (χ1v) is 8.18. The SMILES string of the molecule is CSC[C@@H](C)N[C@@H]1CCN(Cc2ccccc2)C1. The minimum atomic E-state index is 0.627. The van der Waals surface area contributed by atoms with Gasteiger partial charge in [-0.3, -0.25) is 4.90 Å². The number of nitrogens with one attached hydrogen (secondary N) is 1. The Labute approximate surface area is 115 Å². The number of likely N-dealkylation sites (tertiary alicyclic amines) is 1. The number of hydrogen-bond acceptors (Lipinski definition) is 3. The van der Waals surface area contributed by atoms with Crippen molar-refractivity contribution in [3.05, 3.63) is 35.9 Å². The van der Waals surface area contributed by atoms with E-state index in [4.69, 9.17) is 0 Å². The molecule has 1 N–H and O–H groups in total. The highest BCUT2D eigenvalue weighted by Crippen LogP contribution is 2.14. The molecule has 0 saturated carbocycles. The summed E-state index contributed by atoms with van der Waals surface area (Å²) in [5.41, 5.74) is 1.43. The average molecular weight is 264 g/mol. The Hall–Kier alpha value is -0.510. The maximum atomic E-state index is 3.73. The predicted molar refractivity (Wildman–Crippen MR) is 81.1 cm³/mol. The van der Waals surface area contributed by atoms with Crippen LogP contribution in [0.2, 0.25) is 0 Å². The van der Waals surface area contributed by atoms with E-state index in [1.807, 2.05) is 11.8 Å². The van der Waals surface area contributed by atoms with Gasteiger partial charge in [0.15, 0.2) is 0 Å². The van der Waals surface area contributed by atoms with Crippen molar-refractivity contribution in [2.45, 2.75) is 32.0 Å². The van der Waals surface area contributed by atoms with Crippen molar-refractivity contribution in [1.29, 1.82) is 0 Å². The lowest BCUT2D eigenvalue weighted by atomic mass is 10.2. The number of benzene rings is 1. The fourth-order valence-electron chi connectivity index (χ4n) is 2.65. The molecule has 0 aliphatic carbocycles. The van der Waals surface area contributed by atoms with Crippen LogP contribution >= 0.6 is 11.8 Å². The maximum Gasteiger partial charge on any atom is 0.0234 e. The molecule has 1 aromatic carbocycles. The van der Waals surface area contributed by atoms with Gasteiger partial charge >= 0.3 is 0 Å². The maximum absolute atomic E-state index is 3.73. The Bertz CT molecular complexity index is 342. The highest BCUT2D eigenvalue weighted by molar-refractivity contribution is 7.98. The van der Waals surface area contributed by atoms with Crippen molar-refractivity contribution in [2.75, 3.05) is 25.1 Å². The van der Waals surface area contributed by atoms with E-state index in [9.17, 15) is 0 Å². The molecule has 2 atom stereocenters. The van der Waals surface area contributed by atoms with E-state index < -0.39 is 0 Å². The molecule has 100 valence electrons. The molecule has 2 rings (SSSR count). The lowest BCUT2D eigenvalue weighted by Crippen LogP contribution is -2.39. The van der Waals surface area contributed by atoms with Crippen LogP contribution in [0.15, 0.2) is 30.3 Å². The smallest absolute Gasteiger partial charge is 0.0234 e. The third-order valence-electron chi connectivity index (χ3n) is 3.46. The average Bonchev–Trinajstić information content (AvgIpc) is 2.78. The van der Waals surface area contributed by atoms with Gasteiger partial charge < -0.3 is 5.32 Å². The first-order valence-electron chi connectivity index (χ1n) is 6.79. The van der Waals surface area contributed by atoms with Crippen LogP contribution in [0.5, 0.6) is 0 Å². The van der Waals surface area contributed by atoms with Gasteiger partial charge in [-0.05, 0) is 25.2 Å². The molecule has 0 unspecified atom stereocenters. The second-order valence-corrected chi connectivity index (χ2v) is 6.14. The molecular weight excluding hydrogens is 240 g/mol. The Balaban J connectivity index is 1.75. The molecule has 1 fully saturated rings. The first kappa shape index (κ1) is 13.9. The van der Waals surface area contributed by atoms with E-state index in [1.54, 1.807) is 0 Å². The molecule has 1 saturated heterocycles. The zero-order valence-corrected chi connectivity index (χ0v) is 12.2. The topological polar surface area (TPSA) is 15.3 Å². The monoisotopic (exact) mass is 264 g/mol. The number of rotatable bonds is 6. The minimum absolute atomic E-state index is 0.627. The van der Waals surface area contributed by atoms with Crippen LogP contribution in [0.4, 0.5) is 0 Å². The fraction of sp³-hybridized carbons (Fsp3) is 0.600. The molecule has 1 aliphatic heterocycles.